The molecule has 0 spiro atoms. The Morgan fingerprint density at radius 3 is 2.59 bits per heavy atom. The normalized spacial score (nSPS) is 16.8. The van der Waals surface area contributed by atoms with Gasteiger partial charge in [0.2, 0.25) is 0 Å². The van der Waals surface area contributed by atoms with Gasteiger partial charge in [-0.3, -0.25) is 4.79 Å². The summed E-state index contributed by atoms with van der Waals surface area (Å²) in [7, 11) is 0. The number of carbonyl (C=O) groups is 1. The molecule has 0 unspecified atom stereocenters. The third-order valence-electron chi connectivity index (χ3n) is 5.86. The summed E-state index contributed by atoms with van der Waals surface area (Å²) in [6.45, 7) is 4.99. The molecule has 1 amide bonds. The summed E-state index contributed by atoms with van der Waals surface area (Å²) in [6, 6.07) is 15.6. The van der Waals surface area contributed by atoms with E-state index in [-0.39, 0.29) is 5.91 Å². The predicted octanol–water partition coefficient (Wildman–Crippen LogP) is 4.55. The number of hydrogen-bond donors (Lipinski definition) is 0. The molecule has 5 nitrogen and oxygen atoms in total. The van der Waals surface area contributed by atoms with Gasteiger partial charge in [-0.25, -0.2) is 4.98 Å². The van der Waals surface area contributed by atoms with E-state index in [0.717, 1.165) is 65.2 Å². The zero-order valence-corrected chi connectivity index (χ0v) is 16.6. The lowest BCUT2D eigenvalue weighted by atomic mass is 9.97. The van der Waals surface area contributed by atoms with E-state index in [0.29, 0.717) is 19.1 Å². The molecule has 0 atom stereocenters. The highest BCUT2D eigenvalue weighted by Gasteiger charge is 2.24. The van der Waals surface area contributed by atoms with Gasteiger partial charge in [0.25, 0.3) is 5.91 Å². The van der Waals surface area contributed by atoms with Gasteiger partial charge in [-0.15, -0.1) is 0 Å². The SMILES string of the molecule is CC1CCN(C(=O)c2cc(-c3ccc4c(c3)OCCO4)nc3ccccc23)CC1. The van der Waals surface area contributed by atoms with E-state index >= 15 is 0 Å². The molecule has 1 aromatic heterocycles. The second-order valence-corrected chi connectivity index (χ2v) is 7.91. The zero-order chi connectivity index (χ0) is 19.8. The number of carbonyl (C=O) groups excluding carboxylic acids is 1. The van der Waals surface area contributed by atoms with Crippen LogP contribution in [-0.2, 0) is 0 Å². The summed E-state index contributed by atoms with van der Waals surface area (Å²) in [5.41, 5.74) is 3.24. The van der Waals surface area contributed by atoms with Crippen molar-refractivity contribution in [2.75, 3.05) is 26.3 Å². The standard InChI is InChI=1S/C24H24N2O3/c1-16-8-10-26(11-9-16)24(27)19-15-21(25-20-5-3-2-4-18(19)20)17-6-7-22-23(14-17)29-13-12-28-22/h2-7,14-16H,8-13H2,1H3. The molecule has 0 aliphatic carbocycles. The molecule has 1 fully saturated rings. The fourth-order valence-corrected chi connectivity index (χ4v) is 4.08. The lowest BCUT2D eigenvalue weighted by Crippen LogP contribution is -2.38. The minimum absolute atomic E-state index is 0.0919. The van der Waals surface area contributed by atoms with E-state index in [4.69, 9.17) is 14.5 Å². The maximum absolute atomic E-state index is 13.4. The molecule has 5 heteroatoms. The highest BCUT2D eigenvalue weighted by atomic mass is 16.6. The minimum Gasteiger partial charge on any atom is -0.486 e. The van der Waals surface area contributed by atoms with Crippen molar-refractivity contribution in [2.45, 2.75) is 19.8 Å². The van der Waals surface area contributed by atoms with Crippen molar-refractivity contribution in [2.24, 2.45) is 5.92 Å². The molecular weight excluding hydrogens is 364 g/mol. The van der Waals surface area contributed by atoms with Crippen LogP contribution in [0.1, 0.15) is 30.1 Å². The second-order valence-electron chi connectivity index (χ2n) is 7.91. The number of benzene rings is 2. The molecule has 29 heavy (non-hydrogen) atoms. The van der Waals surface area contributed by atoms with Crippen molar-refractivity contribution in [3.63, 3.8) is 0 Å². The lowest BCUT2D eigenvalue weighted by molar-refractivity contribution is 0.0699. The Morgan fingerprint density at radius 1 is 1.00 bits per heavy atom. The number of hydrogen-bond acceptors (Lipinski definition) is 4. The molecule has 0 bridgehead atoms. The van der Waals surface area contributed by atoms with Crippen molar-refractivity contribution in [1.29, 1.82) is 0 Å². The van der Waals surface area contributed by atoms with Crippen molar-refractivity contribution in [3.8, 4) is 22.8 Å². The maximum Gasteiger partial charge on any atom is 0.254 e. The number of nitrogens with zero attached hydrogens (tertiary/aromatic N) is 2. The first-order chi connectivity index (χ1) is 14.2. The third kappa shape index (κ3) is 3.41. The van der Waals surface area contributed by atoms with Crippen LogP contribution in [0.3, 0.4) is 0 Å². The average molecular weight is 388 g/mol. The fourth-order valence-electron chi connectivity index (χ4n) is 4.08. The van der Waals surface area contributed by atoms with Gasteiger partial charge in [0, 0.05) is 24.0 Å². The molecule has 3 heterocycles. The van der Waals surface area contributed by atoms with Crippen LogP contribution in [0.2, 0.25) is 0 Å². The van der Waals surface area contributed by atoms with Crippen LogP contribution in [-0.4, -0.2) is 42.1 Å². The van der Waals surface area contributed by atoms with Crippen LogP contribution in [0.5, 0.6) is 11.5 Å². The van der Waals surface area contributed by atoms with Gasteiger partial charge in [0.1, 0.15) is 13.2 Å². The predicted molar refractivity (Wildman–Crippen MR) is 112 cm³/mol. The van der Waals surface area contributed by atoms with Gasteiger partial charge in [-0.05, 0) is 49.1 Å². The van der Waals surface area contributed by atoms with Crippen LogP contribution in [0, 0.1) is 5.92 Å². The Labute approximate surface area is 170 Å². The van der Waals surface area contributed by atoms with Crippen LogP contribution >= 0.6 is 0 Å². The molecule has 5 rings (SSSR count). The Hall–Kier alpha value is -3.08. The van der Waals surface area contributed by atoms with Gasteiger partial charge in [0.05, 0.1) is 16.8 Å². The highest BCUT2D eigenvalue weighted by molar-refractivity contribution is 6.07. The first-order valence-electron chi connectivity index (χ1n) is 10.3. The van der Waals surface area contributed by atoms with E-state index in [9.17, 15) is 4.79 Å². The van der Waals surface area contributed by atoms with Gasteiger partial charge in [-0.1, -0.05) is 25.1 Å². The zero-order valence-electron chi connectivity index (χ0n) is 16.6. The number of fused-ring (bicyclic) bond motifs is 2. The molecule has 2 aliphatic heterocycles. The molecule has 148 valence electrons. The number of ether oxygens (including phenoxy) is 2. The van der Waals surface area contributed by atoms with Gasteiger partial charge in [-0.2, -0.15) is 0 Å². The van der Waals surface area contributed by atoms with E-state index < -0.39 is 0 Å². The molecule has 3 aromatic rings. The van der Waals surface area contributed by atoms with Crippen molar-refractivity contribution >= 4 is 16.8 Å². The number of piperidine rings is 1. The second kappa shape index (κ2) is 7.39. The topological polar surface area (TPSA) is 51.7 Å². The third-order valence-corrected chi connectivity index (χ3v) is 5.86. The molecule has 1 saturated heterocycles. The summed E-state index contributed by atoms with van der Waals surface area (Å²) >= 11 is 0. The average Bonchev–Trinajstić information content (AvgIpc) is 2.78. The summed E-state index contributed by atoms with van der Waals surface area (Å²) in [5, 5.41) is 0.900. The summed E-state index contributed by atoms with van der Waals surface area (Å²) in [5.74, 6) is 2.25. The van der Waals surface area contributed by atoms with Gasteiger partial charge >= 0.3 is 0 Å². The van der Waals surface area contributed by atoms with Crippen molar-refractivity contribution in [1.82, 2.24) is 9.88 Å². The molecular formula is C24H24N2O3. The van der Waals surface area contributed by atoms with E-state index in [1.807, 2.05) is 53.4 Å². The first-order valence-corrected chi connectivity index (χ1v) is 10.3. The number of aromatic nitrogens is 1. The molecule has 0 N–H and O–H groups in total. The Balaban J connectivity index is 1.58. The summed E-state index contributed by atoms with van der Waals surface area (Å²) < 4.78 is 11.4. The molecule has 2 aliphatic rings. The van der Waals surface area contributed by atoms with Crippen LogP contribution in [0.25, 0.3) is 22.2 Å². The number of likely N-dealkylation sites (tertiary alicyclic amines) is 1. The van der Waals surface area contributed by atoms with Gasteiger partial charge < -0.3 is 14.4 Å². The largest absolute Gasteiger partial charge is 0.486 e. The number of amides is 1. The minimum atomic E-state index is 0.0919. The van der Waals surface area contributed by atoms with Crippen molar-refractivity contribution < 1.29 is 14.3 Å². The quantitative estimate of drug-likeness (QED) is 0.647. The maximum atomic E-state index is 13.4. The van der Waals surface area contributed by atoms with Crippen LogP contribution in [0.15, 0.2) is 48.5 Å². The fraction of sp³-hybridized carbons (Fsp3) is 0.333. The number of para-hydroxylation sites is 1. The number of rotatable bonds is 2. The summed E-state index contributed by atoms with van der Waals surface area (Å²) in [6.07, 6.45) is 2.12. The monoisotopic (exact) mass is 388 g/mol. The smallest absolute Gasteiger partial charge is 0.254 e. The van der Waals surface area contributed by atoms with Crippen LogP contribution < -0.4 is 9.47 Å². The first kappa shape index (κ1) is 18.0. The molecule has 0 saturated carbocycles. The highest BCUT2D eigenvalue weighted by Crippen LogP contribution is 2.35. The molecule has 0 radical (unpaired) electrons. The summed E-state index contributed by atoms with van der Waals surface area (Å²) in [4.78, 5) is 20.2. The molecule has 2 aromatic carbocycles. The Kier molecular flexibility index (Phi) is 4.58. The van der Waals surface area contributed by atoms with Crippen LogP contribution in [0.4, 0.5) is 0 Å². The van der Waals surface area contributed by atoms with Crippen molar-refractivity contribution in [3.05, 3.63) is 54.1 Å². The Morgan fingerprint density at radius 2 is 1.76 bits per heavy atom. The lowest BCUT2D eigenvalue weighted by Gasteiger charge is -2.30. The van der Waals surface area contributed by atoms with E-state index in [1.165, 1.54) is 0 Å². The van der Waals surface area contributed by atoms with Gasteiger partial charge in [0.15, 0.2) is 11.5 Å². The number of pyridine rings is 1. The van der Waals surface area contributed by atoms with E-state index in [2.05, 4.69) is 6.92 Å². The Bertz CT molecular complexity index is 1070. The van der Waals surface area contributed by atoms with E-state index in [1.54, 1.807) is 0 Å².